The van der Waals surface area contributed by atoms with Gasteiger partial charge in [-0.2, -0.15) is 13.2 Å². The van der Waals surface area contributed by atoms with E-state index in [1.54, 1.807) is 0 Å². The van der Waals surface area contributed by atoms with E-state index in [0.717, 1.165) is 17.3 Å². The molecule has 2 aliphatic rings. The highest BCUT2D eigenvalue weighted by atomic mass is 19.4. The van der Waals surface area contributed by atoms with Crippen LogP contribution in [0.15, 0.2) is 48.5 Å². The molecule has 2 nitrogen and oxygen atoms in total. The van der Waals surface area contributed by atoms with Gasteiger partial charge in [-0.15, -0.1) is 0 Å². The maximum absolute atomic E-state index is 13.1. The van der Waals surface area contributed by atoms with Gasteiger partial charge in [0.15, 0.2) is 0 Å². The first-order valence-corrected chi connectivity index (χ1v) is 8.14. The van der Waals surface area contributed by atoms with Gasteiger partial charge in [0.05, 0.1) is 17.7 Å². The molecular formula is C19H18F3NO. The molecule has 5 heteroatoms. The van der Waals surface area contributed by atoms with Crippen molar-refractivity contribution in [2.45, 2.75) is 37.1 Å². The molecule has 2 aromatic carbocycles. The van der Waals surface area contributed by atoms with Crippen LogP contribution in [0.25, 0.3) is 0 Å². The van der Waals surface area contributed by atoms with Gasteiger partial charge in [-0.05, 0) is 54.0 Å². The van der Waals surface area contributed by atoms with Crippen molar-refractivity contribution in [1.82, 2.24) is 0 Å². The van der Waals surface area contributed by atoms with Gasteiger partial charge in [-0.25, -0.2) is 0 Å². The van der Waals surface area contributed by atoms with Crippen LogP contribution in [0.4, 0.5) is 18.9 Å². The number of hydrogen-bond donors (Lipinski definition) is 2. The number of benzene rings is 2. The van der Waals surface area contributed by atoms with Crippen molar-refractivity contribution in [3.05, 3.63) is 65.2 Å². The molecule has 2 aromatic rings. The summed E-state index contributed by atoms with van der Waals surface area (Å²) >= 11 is 0. The lowest BCUT2D eigenvalue weighted by Gasteiger charge is -2.37. The largest absolute Gasteiger partial charge is 0.416 e. The van der Waals surface area contributed by atoms with Gasteiger partial charge in [-0.3, -0.25) is 0 Å². The van der Waals surface area contributed by atoms with Crippen LogP contribution in [-0.2, 0) is 6.18 Å². The van der Waals surface area contributed by atoms with Crippen LogP contribution < -0.4 is 5.32 Å². The summed E-state index contributed by atoms with van der Waals surface area (Å²) in [6, 6.07) is 13.8. The number of hydrogen-bond acceptors (Lipinski definition) is 2. The van der Waals surface area contributed by atoms with Crippen LogP contribution >= 0.6 is 0 Å². The van der Waals surface area contributed by atoms with Crippen LogP contribution in [0.5, 0.6) is 0 Å². The molecule has 1 aliphatic heterocycles. The van der Waals surface area contributed by atoms with Crippen LogP contribution in [0, 0.1) is 5.92 Å². The van der Waals surface area contributed by atoms with E-state index in [2.05, 4.69) is 5.32 Å². The molecule has 0 amide bonds. The third-order valence-electron chi connectivity index (χ3n) is 5.26. The van der Waals surface area contributed by atoms with Crippen molar-refractivity contribution in [1.29, 1.82) is 0 Å². The summed E-state index contributed by atoms with van der Waals surface area (Å²) in [7, 11) is 0. The zero-order valence-corrected chi connectivity index (χ0v) is 12.9. The fraction of sp³-hybridized carbons (Fsp3) is 0.368. The van der Waals surface area contributed by atoms with E-state index in [1.807, 2.05) is 30.3 Å². The van der Waals surface area contributed by atoms with Gasteiger partial charge in [0.1, 0.15) is 0 Å². The van der Waals surface area contributed by atoms with E-state index in [-0.39, 0.29) is 17.9 Å². The second-order valence-electron chi connectivity index (χ2n) is 6.73. The van der Waals surface area contributed by atoms with E-state index in [4.69, 9.17) is 0 Å². The maximum atomic E-state index is 13.1. The molecule has 1 saturated carbocycles. The molecule has 1 aliphatic carbocycles. The second kappa shape index (κ2) is 5.52. The maximum Gasteiger partial charge on any atom is 0.416 e. The molecule has 1 unspecified atom stereocenters. The minimum atomic E-state index is -4.35. The minimum absolute atomic E-state index is 0.0117. The highest BCUT2D eigenvalue weighted by Gasteiger charge is 2.44. The number of nitrogens with one attached hydrogen (secondary N) is 1. The number of aliphatic hydroxyl groups excluding tert-OH is 1. The predicted octanol–water partition coefficient (Wildman–Crippen LogP) is 4.73. The SMILES string of the molecule is O[C@@H]1CC2c3cc(C(F)(F)F)ccc3N[C@@H](c3ccccc3)[C@@H]2C1. The van der Waals surface area contributed by atoms with Crippen molar-refractivity contribution in [2.24, 2.45) is 5.92 Å². The molecule has 0 aromatic heterocycles. The zero-order chi connectivity index (χ0) is 16.9. The van der Waals surface area contributed by atoms with E-state index in [9.17, 15) is 18.3 Å². The van der Waals surface area contributed by atoms with Gasteiger partial charge in [0.2, 0.25) is 0 Å². The molecule has 0 radical (unpaired) electrons. The summed E-state index contributed by atoms with van der Waals surface area (Å²) in [6.07, 6.45) is -3.69. The summed E-state index contributed by atoms with van der Waals surface area (Å²) in [6.45, 7) is 0. The standard InChI is InChI=1S/C19H18F3NO/c20-19(21,22)12-6-7-17-15(8-12)14-9-13(24)10-16(14)18(23-17)11-4-2-1-3-5-11/h1-8,13-14,16,18,23-24H,9-10H2/t13-,14?,16-,18+/m1/s1. The molecule has 126 valence electrons. The Morgan fingerprint density at radius 1 is 1.00 bits per heavy atom. The first kappa shape index (κ1) is 15.5. The molecule has 1 fully saturated rings. The highest BCUT2D eigenvalue weighted by molar-refractivity contribution is 5.59. The molecule has 0 bridgehead atoms. The van der Waals surface area contributed by atoms with Gasteiger partial charge >= 0.3 is 6.18 Å². The monoisotopic (exact) mass is 333 g/mol. The van der Waals surface area contributed by atoms with Gasteiger partial charge < -0.3 is 10.4 Å². The van der Waals surface area contributed by atoms with Crippen molar-refractivity contribution >= 4 is 5.69 Å². The lowest BCUT2D eigenvalue weighted by atomic mass is 9.77. The fourth-order valence-electron chi connectivity index (χ4n) is 4.21. The Balaban J connectivity index is 1.78. The zero-order valence-electron chi connectivity index (χ0n) is 12.9. The summed E-state index contributed by atoms with van der Waals surface area (Å²) < 4.78 is 39.2. The lowest BCUT2D eigenvalue weighted by molar-refractivity contribution is -0.137. The third-order valence-corrected chi connectivity index (χ3v) is 5.26. The van der Waals surface area contributed by atoms with E-state index >= 15 is 0 Å². The first-order valence-electron chi connectivity index (χ1n) is 8.14. The summed E-state index contributed by atoms with van der Waals surface area (Å²) in [4.78, 5) is 0. The molecule has 0 spiro atoms. The smallest absolute Gasteiger partial charge is 0.393 e. The van der Waals surface area contributed by atoms with Crippen molar-refractivity contribution in [3.8, 4) is 0 Å². The summed E-state index contributed by atoms with van der Waals surface area (Å²) in [5.41, 5.74) is 1.90. The Kier molecular flexibility index (Phi) is 3.57. The van der Waals surface area contributed by atoms with Crippen molar-refractivity contribution < 1.29 is 18.3 Å². The Hall–Kier alpha value is -2.01. The van der Waals surface area contributed by atoms with E-state index < -0.39 is 17.8 Å². The molecular weight excluding hydrogens is 315 g/mol. The Labute approximate surface area is 138 Å². The lowest BCUT2D eigenvalue weighted by Crippen LogP contribution is -2.29. The third kappa shape index (κ3) is 2.57. The molecule has 4 rings (SSSR count). The highest BCUT2D eigenvalue weighted by Crippen LogP contribution is 2.53. The van der Waals surface area contributed by atoms with Crippen LogP contribution in [0.3, 0.4) is 0 Å². The van der Waals surface area contributed by atoms with Crippen LogP contribution in [0.2, 0.25) is 0 Å². The second-order valence-corrected chi connectivity index (χ2v) is 6.73. The van der Waals surface area contributed by atoms with Gasteiger partial charge in [0, 0.05) is 5.69 Å². The number of aliphatic hydroxyl groups is 1. The van der Waals surface area contributed by atoms with Crippen LogP contribution in [0.1, 0.15) is 41.5 Å². The number of fused-ring (bicyclic) bond motifs is 3. The quantitative estimate of drug-likeness (QED) is 0.791. The van der Waals surface area contributed by atoms with Gasteiger partial charge in [0.25, 0.3) is 0 Å². The predicted molar refractivity (Wildman–Crippen MR) is 85.7 cm³/mol. The summed E-state index contributed by atoms with van der Waals surface area (Å²) in [5.74, 6) is 0.0436. The first-order chi connectivity index (χ1) is 11.4. The molecule has 1 heterocycles. The minimum Gasteiger partial charge on any atom is -0.393 e. The average Bonchev–Trinajstić information content (AvgIpc) is 2.95. The molecule has 2 N–H and O–H groups in total. The Morgan fingerprint density at radius 2 is 1.75 bits per heavy atom. The molecule has 4 atom stereocenters. The van der Waals surface area contributed by atoms with E-state index in [0.29, 0.717) is 18.4 Å². The number of rotatable bonds is 1. The van der Waals surface area contributed by atoms with Crippen molar-refractivity contribution in [3.63, 3.8) is 0 Å². The van der Waals surface area contributed by atoms with Gasteiger partial charge in [-0.1, -0.05) is 30.3 Å². The van der Waals surface area contributed by atoms with Crippen LogP contribution in [-0.4, -0.2) is 11.2 Å². The normalized spacial score (nSPS) is 28.8. The fourth-order valence-corrected chi connectivity index (χ4v) is 4.21. The average molecular weight is 333 g/mol. The number of halogens is 3. The summed E-state index contributed by atoms with van der Waals surface area (Å²) in [5, 5.41) is 13.5. The topological polar surface area (TPSA) is 32.3 Å². The Bertz CT molecular complexity index is 744. The molecule has 24 heavy (non-hydrogen) atoms. The number of alkyl halides is 3. The Morgan fingerprint density at radius 3 is 2.46 bits per heavy atom. The van der Waals surface area contributed by atoms with Crippen molar-refractivity contribution in [2.75, 3.05) is 5.32 Å². The molecule has 0 saturated heterocycles. The van der Waals surface area contributed by atoms with E-state index in [1.165, 1.54) is 12.1 Å². The number of anilines is 1.